The van der Waals surface area contributed by atoms with Crippen molar-refractivity contribution in [2.75, 3.05) is 7.11 Å². The molecule has 0 aromatic heterocycles. The van der Waals surface area contributed by atoms with E-state index in [1.165, 1.54) is 0 Å². The fourth-order valence-electron chi connectivity index (χ4n) is 0.508. The molecule has 0 atom stereocenters. The van der Waals surface area contributed by atoms with Crippen molar-refractivity contribution < 1.29 is 34.1 Å². The Morgan fingerprint density at radius 2 is 1.69 bits per heavy atom. The largest absolute Gasteiger partial charge is 2.00 e. The number of methoxy groups -OCH3 is 1. The molecule has 84 valence electrons. The molecule has 4 heteroatoms. The van der Waals surface area contributed by atoms with Crippen LogP contribution in [0.25, 0.3) is 0 Å². The first kappa shape index (κ1) is 17.5. The number of hydrogen-bond donors (Lipinski definition) is 0. The average Bonchev–Trinajstić information content (AvgIpc) is 2.18. The van der Waals surface area contributed by atoms with Gasteiger partial charge in [0.2, 0.25) is 0 Å². The zero-order valence-corrected chi connectivity index (χ0v) is 13.2. The predicted octanol–water partition coefficient (Wildman–Crippen LogP) is 1.28. The molecule has 0 fully saturated rings. The van der Waals surface area contributed by atoms with Crippen molar-refractivity contribution in [1.82, 2.24) is 0 Å². The van der Waals surface area contributed by atoms with Crippen LogP contribution in [0.5, 0.6) is 5.75 Å². The van der Waals surface area contributed by atoms with Crippen LogP contribution in [0.1, 0.15) is 20.8 Å². The summed E-state index contributed by atoms with van der Waals surface area (Å²) in [5, 5.41) is 9.91. The number of carbonyl (C=O) groups excluding carboxylic acids is 1. The summed E-state index contributed by atoms with van der Waals surface area (Å²) in [7, 11) is 1.65. The molecule has 0 heterocycles. The summed E-state index contributed by atoms with van der Waals surface area (Å²) in [6.45, 7) is 4.80. The minimum absolute atomic E-state index is 0. The molecule has 0 bridgehead atoms. The fourth-order valence-corrected chi connectivity index (χ4v) is 0.508. The first-order valence-corrected chi connectivity index (χ1v) is 4.59. The van der Waals surface area contributed by atoms with E-state index in [2.05, 4.69) is 6.07 Å². The van der Waals surface area contributed by atoms with E-state index in [9.17, 15) is 9.90 Å². The maximum Gasteiger partial charge on any atom is 2.00 e. The van der Waals surface area contributed by atoms with Gasteiger partial charge in [0.05, 0.1) is 7.11 Å². The van der Waals surface area contributed by atoms with Crippen LogP contribution in [0.3, 0.4) is 0 Å². The van der Waals surface area contributed by atoms with E-state index in [0.717, 1.165) is 5.75 Å². The van der Waals surface area contributed by atoms with Crippen LogP contribution < -0.4 is 9.84 Å². The topological polar surface area (TPSA) is 49.4 Å². The maximum atomic E-state index is 9.91. The van der Waals surface area contributed by atoms with Gasteiger partial charge >= 0.3 is 19.5 Å². The van der Waals surface area contributed by atoms with Gasteiger partial charge in [-0.25, -0.2) is 0 Å². The SMILES string of the molecule is CC(C)(C)C(=O)[O-].COc1cc[c-]cc1.[Zn+2]. The second kappa shape index (κ2) is 8.29. The number of carboxylic acids is 1. The molecular formula is C12H16O3Zn. The molecule has 3 nitrogen and oxygen atoms in total. The Labute approximate surface area is 110 Å². The zero-order valence-electron chi connectivity index (χ0n) is 10.2. The van der Waals surface area contributed by atoms with Crippen molar-refractivity contribution in [1.29, 1.82) is 0 Å². The maximum absolute atomic E-state index is 9.91. The van der Waals surface area contributed by atoms with Gasteiger partial charge in [-0.15, -0.1) is 12.1 Å². The Kier molecular flexibility index (Phi) is 9.07. The molecule has 0 radical (unpaired) electrons. The van der Waals surface area contributed by atoms with E-state index in [0.29, 0.717) is 0 Å². The zero-order chi connectivity index (χ0) is 11.9. The molecule has 1 aromatic rings. The molecule has 0 saturated carbocycles. The molecule has 0 amide bonds. The number of aliphatic carboxylic acids is 1. The average molecular weight is 274 g/mol. The molecular weight excluding hydrogens is 258 g/mol. The molecule has 0 aliphatic rings. The van der Waals surface area contributed by atoms with Gasteiger partial charge in [0, 0.05) is 17.1 Å². The fraction of sp³-hybridized carbons (Fsp3) is 0.417. The number of carbonyl (C=O) groups is 1. The molecule has 0 unspecified atom stereocenters. The van der Waals surface area contributed by atoms with E-state index in [-0.39, 0.29) is 19.5 Å². The summed E-state index contributed by atoms with van der Waals surface area (Å²) in [6, 6.07) is 10.2. The van der Waals surface area contributed by atoms with E-state index < -0.39 is 11.4 Å². The smallest absolute Gasteiger partial charge is 0.550 e. The van der Waals surface area contributed by atoms with Gasteiger partial charge in [0.25, 0.3) is 0 Å². The first-order chi connectivity index (χ1) is 6.88. The Balaban J connectivity index is 0. The number of ether oxygens (including phenoxy) is 1. The number of benzene rings is 1. The number of carboxylic acid groups (broad SMARTS) is 1. The monoisotopic (exact) mass is 272 g/mol. The summed E-state index contributed by atoms with van der Waals surface area (Å²) in [5.41, 5.74) is -0.694. The van der Waals surface area contributed by atoms with Crippen molar-refractivity contribution in [3.8, 4) is 5.75 Å². The molecule has 0 aliphatic heterocycles. The Hall–Kier alpha value is -0.887. The Morgan fingerprint density at radius 3 is 1.88 bits per heavy atom. The molecule has 0 aliphatic carbocycles. The minimum Gasteiger partial charge on any atom is -0.550 e. The summed E-state index contributed by atoms with van der Waals surface area (Å²) in [5.74, 6) is -0.128. The van der Waals surface area contributed by atoms with Crippen molar-refractivity contribution in [3.63, 3.8) is 0 Å². The summed E-state index contributed by atoms with van der Waals surface area (Å²) in [4.78, 5) is 9.91. The first-order valence-electron chi connectivity index (χ1n) is 4.59. The molecule has 0 saturated heterocycles. The van der Waals surface area contributed by atoms with E-state index in [4.69, 9.17) is 4.74 Å². The van der Waals surface area contributed by atoms with Crippen molar-refractivity contribution >= 4 is 5.97 Å². The minimum atomic E-state index is -1.01. The van der Waals surface area contributed by atoms with Crippen LogP contribution in [0.15, 0.2) is 24.3 Å². The van der Waals surface area contributed by atoms with Crippen molar-refractivity contribution in [2.24, 2.45) is 5.41 Å². The van der Waals surface area contributed by atoms with Crippen LogP contribution in [-0.2, 0) is 24.3 Å². The molecule has 0 N–H and O–H groups in total. The third kappa shape index (κ3) is 8.42. The summed E-state index contributed by atoms with van der Waals surface area (Å²) < 4.78 is 4.89. The van der Waals surface area contributed by atoms with Crippen LogP contribution >= 0.6 is 0 Å². The van der Waals surface area contributed by atoms with Crippen molar-refractivity contribution in [3.05, 3.63) is 30.3 Å². The third-order valence-corrected chi connectivity index (χ3v) is 1.54. The predicted molar refractivity (Wildman–Crippen MR) is 56.3 cm³/mol. The summed E-state index contributed by atoms with van der Waals surface area (Å²) >= 11 is 0. The molecule has 16 heavy (non-hydrogen) atoms. The quantitative estimate of drug-likeness (QED) is 0.572. The Bertz CT molecular complexity index is 291. The van der Waals surface area contributed by atoms with Crippen LogP contribution in [0, 0.1) is 11.5 Å². The Morgan fingerprint density at radius 1 is 1.31 bits per heavy atom. The van der Waals surface area contributed by atoms with Crippen LogP contribution in [0.4, 0.5) is 0 Å². The van der Waals surface area contributed by atoms with Gasteiger partial charge in [-0.2, -0.15) is 18.2 Å². The standard InChI is InChI=1S/C7H7O.C5H10O2.Zn/c1-8-7-5-3-2-4-6-7;1-5(2,3)4(6)7;/h3-6H,1H3;1-3H3,(H,6,7);/q-1;;+2/p-1. The van der Waals surface area contributed by atoms with E-state index in [1.54, 1.807) is 27.9 Å². The molecule has 1 rings (SSSR count). The van der Waals surface area contributed by atoms with Gasteiger partial charge in [-0.1, -0.05) is 20.8 Å². The van der Waals surface area contributed by atoms with E-state index >= 15 is 0 Å². The van der Waals surface area contributed by atoms with Gasteiger partial charge in [-0.3, -0.25) is 0 Å². The third-order valence-electron chi connectivity index (χ3n) is 1.54. The summed E-state index contributed by atoms with van der Waals surface area (Å²) in [6.07, 6.45) is 0. The van der Waals surface area contributed by atoms with Gasteiger partial charge in [0.1, 0.15) is 0 Å². The number of hydrogen-bond acceptors (Lipinski definition) is 3. The number of rotatable bonds is 1. The normalized spacial score (nSPS) is 9.25. The van der Waals surface area contributed by atoms with Gasteiger partial charge < -0.3 is 14.6 Å². The van der Waals surface area contributed by atoms with Crippen LogP contribution in [-0.4, -0.2) is 13.1 Å². The molecule has 0 spiro atoms. The van der Waals surface area contributed by atoms with Crippen molar-refractivity contribution in [2.45, 2.75) is 20.8 Å². The van der Waals surface area contributed by atoms with Crippen LogP contribution in [0.2, 0.25) is 0 Å². The van der Waals surface area contributed by atoms with Gasteiger partial charge in [-0.05, 0) is 0 Å². The second-order valence-corrected chi connectivity index (χ2v) is 3.98. The second-order valence-electron chi connectivity index (χ2n) is 3.98. The molecule has 1 aromatic carbocycles. The van der Waals surface area contributed by atoms with Gasteiger partial charge in [0.15, 0.2) is 0 Å². The van der Waals surface area contributed by atoms with E-state index in [1.807, 2.05) is 24.3 Å².